The van der Waals surface area contributed by atoms with Crippen LogP contribution in [-0.4, -0.2) is 46.1 Å². The molecule has 9 nitrogen and oxygen atoms in total. The van der Waals surface area contributed by atoms with E-state index < -0.39 is 41.7 Å². The van der Waals surface area contributed by atoms with Crippen molar-refractivity contribution in [1.29, 1.82) is 0 Å². The highest BCUT2D eigenvalue weighted by atomic mass is 16.5. The molecule has 178 valence electrons. The third kappa shape index (κ3) is 6.52. The van der Waals surface area contributed by atoms with E-state index in [0.717, 1.165) is 5.39 Å². The largest absolute Gasteiger partial charge is 0.480 e. The lowest BCUT2D eigenvalue weighted by atomic mass is 9.92. The number of fused-ring (bicyclic) bond motifs is 1. The third-order valence-electron chi connectivity index (χ3n) is 5.42. The smallest absolute Gasteiger partial charge is 0.326 e. The molecule has 0 heterocycles. The fourth-order valence-electron chi connectivity index (χ4n) is 3.77. The van der Waals surface area contributed by atoms with Crippen LogP contribution in [0, 0.1) is 11.8 Å². The first-order valence-corrected chi connectivity index (χ1v) is 10.8. The zero-order valence-corrected chi connectivity index (χ0v) is 19.2. The van der Waals surface area contributed by atoms with Gasteiger partial charge in [-0.2, -0.15) is 0 Å². The SMILES string of the molecule is CC(C)C[C@H](CC(=O)NO)C(=O)N[C@H](C)C(=O)N(c1cccc2ccccc12)[C@@H](C)C(=O)O. The molecule has 0 bridgehead atoms. The highest BCUT2D eigenvalue weighted by molar-refractivity contribution is 6.09. The minimum absolute atomic E-state index is 0.0949. The van der Waals surface area contributed by atoms with E-state index in [-0.39, 0.29) is 12.3 Å². The maximum atomic E-state index is 13.4. The molecule has 0 aliphatic carbocycles. The number of anilines is 1. The number of benzene rings is 2. The number of carboxylic acids is 1. The number of hydrogen-bond donors (Lipinski definition) is 4. The Bertz CT molecular complexity index is 1020. The van der Waals surface area contributed by atoms with E-state index in [2.05, 4.69) is 5.32 Å². The van der Waals surface area contributed by atoms with E-state index in [9.17, 15) is 24.3 Å². The lowest BCUT2D eigenvalue weighted by Gasteiger charge is -2.31. The maximum absolute atomic E-state index is 13.4. The number of carboxylic acid groups (broad SMARTS) is 1. The van der Waals surface area contributed by atoms with Crippen LogP contribution in [0.3, 0.4) is 0 Å². The van der Waals surface area contributed by atoms with Crippen molar-refractivity contribution in [3.63, 3.8) is 0 Å². The second kappa shape index (κ2) is 11.4. The van der Waals surface area contributed by atoms with E-state index in [1.165, 1.54) is 24.2 Å². The monoisotopic (exact) mass is 457 g/mol. The van der Waals surface area contributed by atoms with Gasteiger partial charge in [0.2, 0.25) is 17.7 Å². The number of carbonyl (C=O) groups excluding carboxylic acids is 3. The molecule has 0 unspecified atom stereocenters. The molecule has 0 saturated carbocycles. The quantitative estimate of drug-likeness (QED) is 0.320. The number of hydrogen-bond acceptors (Lipinski definition) is 5. The van der Waals surface area contributed by atoms with Gasteiger partial charge < -0.3 is 10.4 Å². The molecule has 33 heavy (non-hydrogen) atoms. The summed E-state index contributed by atoms with van der Waals surface area (Å²) < 4.78 is 0. The second-order valence-electron chi connectivity index (χ2n) is 8.52. The molecular weight excluding hydrogens is 426 g/mol. The van der Waals surface area contributed by atoms with Gasteiger partial charge in [-0.15, -0.1) is 0 Å². The summed E-state index contributed by atoms with van der Waals surface area (Å²) in [4.78, 5) is 50.9. The van der Waals surface area contributed by atoms with Crippen molar-refractivity contribution < 1.29 is 29.5 Å². The maximum Gasteiger partial charge on any atom is 0.326 e. The number of nitrogens with zero attached hydrogens (tertiary/aromatic N) is 1. The van der Waals surface area contributed by atoms with Crippen molar-refractivity contribution in [2.45, 2.75) is 52.6 Å². The predicted octanol–water partition coefficient (Wildman–Crippen LogP) is 2.71. The van der Waals surface area contributed by atoms with Gasteiger partial charge in [-0.25, -0.2) is 10.3 Å². The summed E-state index contributed by atoms with van der Waals surface area (Å²) in [6.07, 6.45) is 0.138. The van der Waals surface area contributed by atoms with Crippen molar-refractivity contribution in [1.82, 2.24) is 10.8 Å². The molecule has 0 spiro atoms. The van der Waals surface area contributed by atoms with E-state index in [0.29, 0.717) is 17.5 Å². The van der Waals surface area contributed by atoms with Crippen LogP contribution in [0.15, 0.2) is 42.5 Å². The van der Waals surface area contributed by atoms with Gasteiger partial charge in [0, 0.05) is 17.7 Å². The number of nitrogens with one attached hydrogen (secondary N) is 2. The molecule has 4 N–H and O–H groups in total. The van der Waals surface area contributed by atoms with Crippen LogP contribution in [0.1, 0.15) is 40.5 Å². The Balaban J connectivity index is 2.35. The molecule has 3 amide bonds. The molecule has 9 heteroatoms. The summed E-state index contributed by atoms with van der Waals surface area (Å²) >= 11 is 0. The normalized spacial score (nSPS) is 13.8. The van der Waals surface area contributed by atoms with Crippen LogP contribution in [0.5, 0.6) is 0 Å². The molecule has 0 aliphatic heterocycles. The van der Waals surface area contributed by atoms with Crippen LogP contribution >= 0.6 is 0 Å². The van der Waals surface area contributed by atoms with Crippen LogP contribution in [0.4, 0.5) is 5.69 Å². The number of rotatable bonds is 10. The van der Waals surface area contributed by atoms with E-state index in [1.54, 1.807) is 24.3 Å². The molecule has 0 radical (unpaired) electrons. The average molecular weight is 458 g/mol. The van der Waals surface area contributed by atoms with Gasteiger partial charge in [0.05, 0.1) is 5.69 Å². The van der Waals surface area contributed by atoms with Crippen molar-refractivity contribution in [3.8, 4) is 0 Å². The third-order valence-corrected chi connectivity index (χ3v) is 5.42. The first-order valence-electron chi connectivity index (χ1n) is 10.8. The Morgan fingerprint density at radius 1 is 0.970 bits per heavy atom. The van der Waals surface area contributed by atoms with Gasteiger partial charge in [-0.1, -0.05) is 50.2 Å². The lowest BCUT2D eigenvalue weighted by molar-refractivity contribution is -0.140. The summed E-state index contributed by atoms with van der Waals surface area (Å²) in [6, 6.07) is 10.3. The van der Waals surface area contributed by atoms with Gasteiger partial charge in [0.25, 0.3) is 0 Å². The lowest BCUT2D eigenvalue weighted by Crippen LogP contribution is -2.53. The molecule has 2 aromatic carbocycles. The van der Waals surface area contributed by atoms with Crippen molar-refractivity contribution >= 4 is 40.2 Å². The van der Waals surface area contributed by atoms with E-state index in [4.69, 9.17) is 5.21 Å². The van der Waals surface area contributed by atoms with Crippen LogP contribution in [0.2, 0.25) is 0 Å². The van der Waals surface area contributed by atoms with E-state index in [1.807, 2.05) is 32.0 Å². The summed E-state index contributed by atoms with van der Waals surface area (Å²) in [7, 11) is 0. The Morgan fingerprint density at radius 3 is 2.21 bits per heavy atom. The van der Waals surface area contributed by atoms with Crippen LogP contribution in [0.25, 0.3) is 10.8 Å². The summed E-state index contributed by atoms with van der Waals surface area (Å²) in [6.45, 7) is 6.67. The minimum atomic E-state index is -1.19. The first kappa shape index (κ1) is 25.8. The van der Waals surface area contributed by atoms with Gasteiger partial charge in [0.1, 0.15) is 12.1 Å². The fraction of sp³-hybridized carbons (Fsp3) is 0.417. The summed E-state index contributed by atoms with van der Waals surface area (Å²) in [5.74, 6) is -3.66. The molecule has 2 aromatic rings. The Hall–Kier alpha value is -3.46. The second-order valence-corrected chi connectivity index (χ2v) is 8.52. The predicted molar refractivity (Wildman–Crippen MR) is 124 cm³/mol. The van der Waals surface area contributed by atoms with Crippen molar-refractivity contribution in [2.24, 2.45) is 11.8 Å². The minimum Gasteiger partial charge on any atom is -0.480 e. The van der Waals surface area contributed by atoms with Gasteiger partial charge >= 0.3 is 5.97 Å². The Labute approximate surface area is 192 Å². The van der Waals surface area contributed by atoms with Crippen LogP contribution in [-0.2, 0) is 19.2 Å². The molecule has 0 saturated heterocycles. The molecule has 0 aromatic heterocycles. The first-order chi connectivity index (χ1) is 15.6. The van der Waals surface area contributed by atoms with Crippen LogP contribution < -0.4 is 15.7 Å². The topological polar surface area (TPSA) is 136 Å². The summed E-state index contributed by atoms with van der Waals surface area (Å²) in [5.41, 5.74) is 1.95. The molecule has 0 aliphatic rings. The average Bonchev–Trinajstić information content (AvgIpc) is 2.78. The highest BCUT2D eigenvalue weighted by Gasteiger charge is 2.33. The highest BCUT2D eigenvalue weighted by Crippen LogP contribution is 2.29. The molecular formula is C24H31N3O6. The number of aliphatic carboxylic acids is 1. The van der Waals surface area contributed by atoms with Crippen molar-refractivity contribution in [2.75, 3.05) is 4.90 Å². The number of amides is 3. The zero-order chi connectivity index (χ0) is 24.7. The number of carbonyl (C=O) groups is 4. The fourth-order valence-corrected chi connectivity index (χ4v) is 3.77. The summed E-state index contributed by atoms with van der Waals surface area (Å²) in [5, 5.41) is 22.7. The Morgan fingerprint density at radius 2 is 1.61 bits per heavy atom. The van der Waals surface area contributed by atoms with Gasteiger partial charge in [-0.3, -0.25) is 24.5 Å². The van der Waals surface area contributed by atoms with Gasteiger partial charge in [0.15, 0.2) is 0 Å². The molecule has 3 atom stereocenters. The Kier molecular flexibility index (Phi) is 8.93. The standard InChI is InChI=1S/C24H31N3O6/c1-14(2)12-18(13-21(28)26-33)22(29)25-15(3)23(30)27(16(4)24(31)32)20-11-7-9-17-8-5-6-10-19(17)20/h5-11,14-16,18,33H,12-13H2,1-4H3,(H,25,29)(H,26,28)(H,31,32)/t15-,16+,18-/m1/s1. The molecule has 2 rings (SSSR count). The molecule has 0 fully saturated rings. The zero-order valence-electron chi connectivity index (χ0n) is 19.2. The number of hydroxylamine groups is 1. The van der Waals surface area contributed by atoms with Crippen molar-refractivity contribution in [3.05, 3.63) is 42.5 Å². The van der Waals surface area contributed by atoms with E-state index >= 15 is 0 Å². The van der Waals surface area contributed by atoms with Gasteiger partial charge in [-0.05, 0) is 37.6 Å².